The van der Waals surface area contributed by atoms with E-state index in [1.807, 2.05) is 18.2 Å². The van der Waals surface area contributed by atoms with Crippen molar-refractivity contribution in [2.24, 2.45) is 0 Å². The first kappa shape index (κ1) is 34.8. The average molecular weight is 676 g/mol. The van der Waals surface area contributed by atoms with Crippen LogP contribution < -0.4 is 0 Å². The summed E-state index contributed by atoms with van der Waals surface area (Å²) in [6, 6.07) is 36.5. The molecule has 1 N–H and O–H groups in total. The molecule has 254 valence electrons. The van der Waals surface area contributed by atoms with Gasteiger partial charge in [0.05, 0.1) is 12.6 Å². The number of fused-ring (bicyclic) bond motifs is 2. The maximum atomic E-state index is 10.5. The molecule has 2 aliphatic heterocycles. The fourth-order valence-electron chi connectivity index (χ4n) is 7.08. The Morgan fingerprint density at radius 2 is 1.29 bits per heavy atom. The van der Waals surface area contributed by atoms with Crippen molar-refractivity contribution in [3.63, 3.8) is 0 Å². The van der Waals surface area contributed by atoms with Crippen LogP contribution in [0.25, 0.3) is 17.7 Å². The van der Waals surface area contributed by atoms with Gasteiger partial charge in [-0.05, 0) is 71.0 Å². The van der Waals surface area contributed by atoms with Gasteiger partial charge in [0, 0.05) is 50.8 Å². The van der Waals surface area contributed by atoms with E-state index in [-0.39, 0.29) is 12.6 Å². The van der Waals surface area contributed by atoms with E-state index >= 15 is 0 Å². The van der Waals surface area contributed by atoms with Crippen LogP contribution in [-0.2, 0) is 9.53 Å². The smallest absolute Gasteiger partial charge is 0.329 e. The monoisotopic (exact) mass is 675 g/mol. The first-order valence-electron chi connectivity index (χ1n) is 17.3. The number of hydrogen-bond donors (Lipinski definition) is 1. The van der Waals surface area contributed by atoms with Gasteiger partial charge in [-0.2, -0.15) is 0 Å². The van der Waals surface area contributed by atoms with E-state index in [0.29, 0.717) is 6.61 Å². The minimum absolute atomic E-state index is 0.203. The van der Waals surface area contributed by atoms with Gasteiger partial charge >= 0.3 is 5.97 Å². The lowest BCUT2D eigenvalue weighted by atomic mass is 9.86. The van der Waals surface area contributed by atoms with Crippen molar-refractivity contribution in [2.45, 2.75) is 18.9 Å². The fourth-order valence-corrected chi connectivity index (χ4v) is 7.20. The summed E-state index contributed by atoms with van der Waals surface area (Å²) in [5.74, 6) is -0.923. The number of piperidine rings is 1. The summed E-state index contributed by atoms with van der Waals surface area (Å²) < 4.78 is 5.15. The van der Waals surface area contributed by atoms with Gasteiger partial charge in [0.25, 0.3) is 0 Å². The van der Waals surface area contributed by atoms with Crippen molar-refractivity contribution in [2.75, 3.05) is 66.1 Å². The zero-order chi connectivity index (χ0) is 34.0. The third-order valence-electron chi connectivity index (χ3n) is 9.70. The molecule has 2 heterocycles. The lowest BCUT2D eigenvalue weighted by Crippen LogP contribution is -2.48. The van der Waals surface area contributed by atoms with Crippen molar-refractivity contribution in [3.05, 3.63) is 147 Å². The van der Waals surface area contributed by atoms with Crippen molar-refractivity contribution < 1.29 is 14.6 Å². The Bertz CT molecular complexity index is 1690. The van der Waals surface area contributed by atoms with Gasteiger partial charge in [0.1, 0.15) is 6.61 Å². The van der Waals surface area contributed by atoms with E-state index in [1.165, 1.54) is 51.8 Å². The van der Waals surface area contributed by atoms with Crippen LogP contribution in [-0.4, -0.2) is 91.9 Å². The van der Waals surface area contributed by atoms with Gasteiger partial charge in [-0.1, -0.05) is 120 Å². The molecule has 49 heavy (non-hydrogen) atoms. The molecule has 3 aliphatic rings. The minimum atomic E-state index is -0.923. The first-order valence-corrected chi connectivity index (χ1v) is 17.7. The maximum absolute atomic E-state index is 10.5. The molecule has 1 aliphatic carbocycles. The van der Waals surface area contributed by atoms with E-state index in [2.05, 4.69) is 119 Å². The number of benzene rings is 4. The van der Waals surface area contributed by atoms with Crippen LogP contribution in [0, 0.1) is 0 Å². The van der Waals surface area contributed by atoms with Gasteiger partial charge < -0.3 is 14.7 Å². The number of likely N-dealkylation sites (tertiary alicyclic amines) is 1. The molecule has 0 saturated carbocycles. The SMILES string of the molecule is CN1CCC(=C2c3ccccc3C=Cc3ccccc32)CC1.O=C(O)COCCN1CCN([C@H](c2ccccc2)c2ccc(Cl)cc2)CC1. The van der Waals surface area contributed by atoms with Crippen LogP contribution >= 0.6 is 11.6 Å². The number of nitrogens with zero attached hydrogens (tertiary/aromatic N) is 3. The Kier molecular flexibility index (Phi) is 12.1. The van der Waals surface area contributed by atoms with E-state index in [9.17, 15) is 4.79 Å². The number of halogens is 1. The molecule has 0 bridgehead atoms. The highest BCUT2D eigenvalue weighted by atomic mass is 35.5. The number of ether oxygens (including phenoxy) is 1. The lowest BCUT2D eigenvalue weighted by molar-refractivity contribution is -0.142. The summed E-state index contributed by atoms with van der Waals surface area (Å²) in [7, 11) is 2.22. The molecule has 2 fully saturated rings. The fraction of sp³-hybridized carbons (Fsp3) is 0.310. The summed E-state index contributed by atoms with van der Waals surface area (Å²) in [6.45, 7) is 7.08. The Labute approximate surface area is 295 Å². The number of carboxylic acid groups (broad SMARTS) is 1. The molecule has 6 nitrogen and oxygen atoms in total. The first-order chi connectivity index (χ1) is 24.0. The van der Waals surface area contributed by atoms with Gasteiger partial charge in [-0.25, -0.2) is 4.79 Å². The highest BCUT2D eigenvalue weighted by Gasteiger charge is 2.26. The number of carbonyl (C=O) groups is 1. The zero-order valence-electron chi connectivity index (χ0n) is 28.3. The van der Waals surface area contributed by atoms with Crippen molar-refractivity contribution in [3.8, 4) is 0 Å². The average Bonchev–Trinajstić information content (AvgIpc) is 3.30. The quantitative estimate of drug-likeness (QED) is 0.169. The van der Waals surface area contributed by atoms with E-state index < -0.39 is 5.97 Å². The summed E-state index contributed by atoms with van der Waals surface area (Å²) in [6.07, 6.45) is 6.87. The molecule has 4 aromatic carbocycles. The molecule has 0 unspecified atom stereocenters. The Balaban J connectivity index is 0.000000173. The van der Waals surface area contributed by atoms with E-state index in [1.54, 1.807) is 5.57 Å². The molecule has 0 spiro atoms. The standard InChI is InChI=1S/C21H25ClN2O3.C21H21N/c22-19-8-6-18(7-9-19)21(17-4-2-1-3-5-17)24-12-10-23(11-13-24)14-15-27-16-20(25)26;1-22-14-12-18(13-15-22)21-19-8-4-2-6-16(19)10-11-17-7-3-5-9-20(17)21/h1-9,21H,10-16H2,(H,25,26);2-11H,12-15H2,1H3/t21-;/m1./s1. The third-order valence-corrected chi connectivity index (χ3v) is 9.95. The largest absolute Gasteiger partial charge is 0.480 e. The number of aliphatic carboxylic acids is 1. The highest BCUT2D eigenvalue weighted by molar-refractivity contribution is 6.30. The van der Waals surface area contributed by atoms with E-state index in [4.69, 9.17) is 21.4 Å². The summed E-state index contributed by atoms with van der Waals surface area (Å²) in [4.78, 5) is 17.7. The van der Waals surface area contributed by atoms with Crippen molar-refractivity contribution in [1.29, 1.82) is 0 Å². The van der Waals surface area contributed by atoms with Crippen molar-refractivity contribution in [1.82, 2.24) is 14.7 Å². The van der Waals surface area contributed by atoms with Gasteiger partial charge in [0.15, 0.2) is 0 Å². The van der Waals surface area contributed by atoms with Crippen LogP contribution in [0.4, 0.5) is 0 Å². The van der Waals surface area contributed by atoms with Crippen molar-refractivity contribution >= 4 is 35.3 Å². The topological polar surface area (TPSA) is 56.3 Å². The molecule has 7 rings (SSSR count). The Morgan fingerprint density at radius 3 is 1.88 bits per heavy atom. The number of hydrogen-bond acceptors (Lipinski definition) is 5. The normalized spacial score (nSPS) is 17.3. The van der Waals surface area contributed by atoms with Gasteiger partial charge in [-0.3, -0.25) is 9.80 Å². The number of rotatable bonds is 8. The second kappa shape index (κ2) is 17.1. The summed E-state index contributed by atoms with van der Waals surface area (Å²) >= 11 is 6.08. The molecule has 4 aromatic rings. The maximum Gasteiger partial charge on any atom is 0.329 e. The van der Waals surface area contributed by atoms with Crippen LogP contribution in [0.3, 0.4) is 0 Å². The van der Waals surface area contributed by atoms with E-state index in [0.717, 1.165) is 50.8 Å². The second-order valence-corrected chi connectivity index (χ2v) is 13.4. The molecule has 0 aromatic heterocycles. The van der Waals surface area contributed by atoms with Gasteiger partial charge in [0.2, 0.25) is 0 Å². The highest BCUT2D eigenvalue weighted by Crippen LogP contribution is 2.38. The Hall–Kier alpha value is -4.04. The molecule has 0 amide bonds. The third kappa shape index (κ3) is 9.15. The summed E-state index contributed by atoms with van der Waals surface area (Å²) in [5.41, 5.74) is 11.1. The molecular weight excluding hydrogens is 630 g/mol. The molecule has 0 radical (unpaired) electrons. The number of carboxylic acids is 1. The van der Waals surface area contributed by atoms with Crippen LogP contribution in [0.1, 0.15) is 52.3 Å². The predicted octanol–water partition coefficient (Wildman–Crippen LogP) is 7.85. The van der Waals surface area contributed by atoms with Crippen LogP contribution in [0.2, 0.25) is 5.02 Å². The molecular formula is C42H46ClN3O3. The molecule has 7 heteroatoms. The zero-order valence-corrected chi connectivity index (χ0v) is 29.1. The van der Waals surface area contributed by atoms with Crippen LogP contribution in [0.5, 0.6) is 0 Å². The number of piperazine rings is 1. The predicted molar refractivity (Wildman–Crippen MR) is 201 cm³/mol. The molecule has 1 atom stereocenters. The Morgan fingerprint density at radius 1 is 0.735 bits per heavy atom. The minimum Gasteiger partial charge on any atom is -0.480 e. The lowest BCUT2D eigenvalue weighted by Gasteiger charge is -2.39. The van der Waals surface area contributed by atoms with Gasteiger partial charge in [-0.15, -0.1) is 0 Å². The second-order valence-electron chi connectivity index (χ2n) is 13.0. The molecule has 2 saturated heterocycles. The summed E-state index contributed by atoms with van der Waals surface area (Å²) in [5, 5.41) is 9.37. The van der Waals surface area contributed by atoms with Crippen LogP contribution in [0.15, 0.2) is 109 Å².